The summed E-state index contributed by atoms with van der Waals surface area (Å²) in [5.74, 6) is 6.40. The molecule has 1 amide bonds. The molecule has 24 heavy (non-hydrogen) atoms. The summed E-state index contributed by atoms with van der Waals surface area (Å²) in [6.45, 7) is 1.70. The van der Waals surface area contributed by atoms with Crippen LogP contribution in [-0.2, 0) is 4.79 Å². The third-order valence-electron chi connectivity index (χ3n) is 3.24. The summed E-state index contributed by atoms with van der Waals surface area (Å²) < 4.78 is 5.08. The number of carbonyl (C=O) groups excluding carboxylic acids is 1. The molecule has 0 aliphatic rings. The lowest BCUT2D eigenvalue weighted by Crippen LogP contribution is -2.11. The van der Waals surface area contributed by atoms with Crippen LogP contribution < -0.4 is 10.1 Å². The Morgan fingerprint density at radius 2 is 1.92 bits per heavy atom. The molecule has 122 valence electrons. The molecule has 0 fully saturated rings. The van der Waals surface area contributed by atoms with Gasteiger partial charge in [0.25, 0.3) is 5.69 Å². The Morgan fingerprint density at radius 1 is 1.21 bits per heavy atom. The van der Waals surface area contributed by atoms with Crippen molar-refractivity contribution in [3.05, 3.63) is 63.7 Å². The summed E-state index contributed by atoms with van der Waals surface area (Å²) in [4.78, 5) is 22.0. The summed E-state index contributed by atoms with van der Waals surface area (Å²) in [7, 11) is 1.58. The molecule has 0 unspecified atom stereocenters. The molecule has 0 aliphatic heterocycles. The Kier molecular flexibility index (Phi) is 5.53. The lowest BCUT2D eigenvalue weighted by molar-refractivity contribution is -0.384. The zero-order chi connectivity index (χ0) is 17.5. The van der Waals surface area contributed by atoms with Gasteiger partial charge in [0.05, 0.1) is 17.7 Å². The standard InChI is InChI=1S/C18H16N2O4/c1-3-18(21)19-17-12-15(20(22)23)9-8-14(17)7-4-13-5-10-16(24-2)11-6-13/h5-6,8-12H,3H2,1-2H3,(H,19,21). The van der Waals surface area contributed by atoms with Crippen LogP contribution in [0.15, 0.2) is 42.5 Å². The molecule has 2 rings (SSSR count). The first-order chi connectivity index (χ1) is 11.5. The molecule has 0 radical (unpaired) electrons. The van der Waals surface area contributed by atoms with Crippen LogP contribution >= 0.6 is 0 Å². The van der Waals surface area contributed by atoms with Gasteiger partial charge in [-0.15, -0.1) is 0 Å². The van der Waals surface area contributed by atoms with Gasteiger partial charge in [-0.25, -0.2) is 0 Å². The van der Waals surface area contributed by atoms with Gasteiger partial charge in [-0.3, -0.25) is 14.9 Å². The van der Waals surface area contributed by atoms with Gasteiger partial charge in [0, 0.05) is 29.7 Å². The molecule has 0 saturated heterocycles. The molecule has 0 bridgehead atoms. The number of methoxy groups -OCH3 is 1. The fraction of sp³-hybridized carbons (Fsp3) is 0.167. The lowest BCUT2D eigenvalue weighted by Gasteiger charge is -2.06. The highest BCUT2D eigenvalue weighted by Crippen LogP contribution is 2.22. The van der Waals surface area contributed by atoms with E-state index in [-0.39, 0.29) is 18.0 Å². The molecule has 2 aromatic rings. The number of nitrogens with zero attached hydrogens (tertiary/aromatic N) is 1. The number of nitro benzene ring substituents is 1. The lowest BCUT2D eigenvalue weighted by atomic mass is 10.1. The number of hydrogen-bond acceptors (Lipinski definition) is 4. The SMILES string of the molecule is CCC(=O)Nc1cc([N+](=O)[O-])ccc1C#Cc1ccc(OC)cc1. The summed E-state index contributed by atoms with van der Waals surface area (Å²) in [6.07, 6.45) is 0.272. The van der Waals surface area contributed by atoms with Crippen molar-refractivity contribution < 1.29 is 14.5 Å². The maximum Gasteiger partial charge on any atom is 0.271 e. The smallest absolute Gasteiger partial charge is 0.271 e. The van der Waals surface area contributed by atoms with Crippen molar-refractivity contribution in [2.75, 3.05) is 12.4 Å². The van der Waals surface area contributed by atoms with Crippen molar-refractivity contribution in [3.63, 3.8) is 0 Å². The van der Waals surface area contributed by atoms with E-state index >= 15 is 0 Å². The molecule has 0 saturated carbocycles. The van der Waals surface area contributed by atoms with Crippen molar-refractivity contribution in [2.45, 2.75) is 13.3 Å². The number of carbonyl (C=O) groups is 1. The maximum absolute atomic E-state index is 11.6. The van der Waals surface area contributed by atoms with E-state index in [2.05, 4.69) is 17.2 Å². The molecular formula is C18H16N2O4. The molecule has 0 atom stereocenters. The normalized spacial score (nSPS) is 9.58. The minimum absolute atomic E-state index is 0.101. The van der Waals surface area contributed by atoms with Gasteiger partial charge < -0.3 is 10.1 Å². The van der Waals surface area contributed by atoms with Crippen LogP contribution in [0.3, 0.4) is 0 Å². The van der Waals surface area contributed by atoms with E-state index in [1.165, 1.54) is 18.2 Å². The molecule has 6 nitrogen and oxygen atoms in total. The number of benzene rings is 2. The predicted molar refractivity (Wildman–Crippen MR) is 91.0 cm³/mol. The van der Waals surface area contributed by atoms with E-state index in [0.717, 1.165) is 11.3 Å². The van der Waals surface area contributed by atoms with Gasteiger partial charge in [0.15, 0.2) is 0 Å². The molecule has 6 heteroatoms. The highest BCUT2D eigenvalue weighted by molar-refractivity contribution is 5.92. The topological polar surface area (TPSA) is 81.5 Å². The van der Waals surface area contributed by atoms with Gasteiger partial charge in [-0.1, -0.05) is 18.8 Å². The van der Waals surface area contributed by atoms with Gasteiger partial charge in [-0.2, -0.15) is 0 Å². The number of nitro groups is 1. The zero-order valence-electron chi connectivity index (χ0n) is 13.3. The van der Waals surface area contributed by atoms with Crippen LogP contribution in [0.2, 0.25) is 0 Å². The van der Waals surface area contributed by atoms with Crippen molar-refractivity contribution in [1.82, 2.24) is 0 Å². The molecule has 1 N–H and O–H groups in total. The Balaban J connectivity index is 2.36. The van der Waals surface area contributed by atoms with E-state index in [1.54, 1.807) is 26.2 Å². The highest BCUT2D eigenvalue weighted by Gasteiger charge is 2.11. The fourth-order valence-corrected chi connectivity index (χ4v) is 1.91. The number of anilines is 1. The monoisotopic (exact) mass is 324 g/mol. The largest absolute Gasteiger partial charge is 0.497 e. The van der Waals surface area contributed by atoms with E-state index < -0.39 is 4.92 Å². The summed E-state index contributed by atoms with van der Waals surface area (Å²) in [5, 5.41) is 13.5. The Labute approximate surface area is 139 Å². The second-order valence-electron chi connectivity index (χ2n) is 4.87. The van der Waals surface area contributed by atoms with Crippen LogP contribution in [-0.4, -0.2) is 17.9 Å². The van der Waals surface area contributed by atoms with E-state index in [1.807, 2.05) is 12.1 Å². The first kappa shape index (κ1) is 17.0. The minimum Gasteiger partial charge on any atom is -0.497 e. The Bertz CT molecular complexity index is 817. The van der Waals surface area contributed by atoms with Crippen LogP contribution in [0.25, 0.3) is 0 Å². The van der Waals surface area contributed by atoms with Crippen molar-refractivity contribution >= 4 is 17.3 Å². The molecular weight excluding hydrogens is 308 g/mol. The second kappa shape index (κ2) is 7.79. The van der Waals surface area contributed by atoms with Gasteiger partial charge in [0.2, 0.25) is 5.91 Å². The maximum atomic E-state index is 11.6. The Hall–Kier alpha value is -3.33. The molecule has 0 aliphatic carbocycles. The van der Waals surface area contributed by atoms with Gasteiger partial charge >= 0.3 is 0 Å². The van der Waals surface area contributed by atoms with Crippen LogP contribution in [0.4, 0.5) is 11.4 Å². The third kappa shape index (κ3) is 4.34. The van der Waals surface area contributed by atoms with Crippen LogP contribution in [0.5, 0.6) is 5.75 Å². The van der Waals surface area contributed by atoms with Gasteiger partial charge in [0.1, 0.15) is 5.75 Å². The summed E-state index contributed by atoms with van der Waals surface area (Å²) >= 11 is 0. The number of non-ortho nitro benzene ring substituents is 1. The van der Waals surface area contributed by atoms with Crippen LogP contribution in [0.1, 0.15) is 24.5 Å². The number of rotatable bonds is 4. The summed E-state index contributed by atoms with van der Waals surface area (Å²) in [5.41, 5.74) is 1.51. The number of amides is 1. The van der Waals surface area contributed by atoms with E-state index in [9.17, 15) is 14.9 Å². The van der Waals surface area contributed by atoms with E-state index in [4.69, 9.17) is 4.74 Å². The average Bonchev–Trinajstić information content (AvgIpc) is 2.60. The molecule has 0 heterocycles. The predicted octanol–water partition coefficient (Wildman–Crippen LogP) is 3.35. The minimum atomic E-state index is -0.512. The first-order valence-electron chi connectivity index (χ1n) is 7.28. The van der Waals surface area contributed by atoms with E-state index in [0.29, 0.717) is 11.3 Å². The van der Waals surface area contributed by atoms with Crippen molar-refractivity contribution in [2.24, 2.45) is 0 Å². The quantitative estimate of drug-likeness (QED) is 0.531. The third-order valence-corrected chi connectivity index (χ3v) is 3.24. The van der Waals surface area contributed by atoms with Crippen molar-refractivity contribution in [1.29, 1.82) is 0 Å². The van der Waals surface area contributed by atoms with Crippen molar-refractivity contribution in [3.8, 4) is 17.6 Å². The van der Waals surface area contributed by atoms with Gasteiger partial charge in [-0.05, 0) is 30.3 Å². The Morgan fingerprint density at radius 3 is 2.50 bits per heavy atom. The number of ether oxygens (including phenoxy) is 1. The highest BCUT2D eigenvalue weighted by atomic mass is 16.6. The summed E-state index contributed by atoms with van der Waals surface area (Å²) in [6, 6.07) is 11.4. The first-order valence-corrected chi connectivity index (χ1v) is 7.28. The molecule has 0 spiro atoms. The second-order valence-corrected chi connectivity index (χ2v) is 4.87. The fourth-order valence-electron chi connectivity index (χ4n) is 1.91. The zero-order valence-corrected chi connectivity index (χ0v) is 13.3. The van der Waals surface area contributed by atoms with Crippen LogP contribution in [0, 0.1) is 22.0 Å². The average molecular weight is 324 g/mol. The number of hydrogen-bond donors (Lipinski definition) is 1. The molecule has 2 aromatic carbocycles. The molecule has 0 aromatic heterocycles. The number of nitrogens with one attached hydrogen (secondary N) is 1.